The highest BCUT2D eigenvalue weighted by molar-refractivity contribution is 5.32. The molecule has 2 atom stereocenters. The lowest BCUT2D eigenvalue weighted by molar-refractivity contribution is 0.391. The average molecular weight is 282 g/mol. The van der Waals surface area contributed by atoms with Crippen molar-refractivity contribution in [3.63, 3.8) is 0 Å². The summed E-state index contributed by atoms with van der Waals surface area (Å²) >= 11 is 0. The molecule has 0 radical (unpaired) electrons. The summed E-state index contributed by atoms with van der Waals surface area (Å²) < 4.78 is 0. The van der Waals surface area contributed by atoms with Crippen LogP contribution in [0.5, 0.6) is 0 Å². The molecule has 21 heavy (non-hydrogen) atoms. The first-order valence-corrected chi connectivity index (χ1v) is 7.68. The van der Waals surface area contributed by atoms with Gasteiger partial charge in [-0.1, -0.05) is 19.1 Å². The summed E-state index contributed by atoms with van der Waals surface area (Å²) in [6.07, 6.45) is 8.07. The van der Waals surface area contributed by atoms with Crippen LogP contribution in [0.15, 0.2) is 36.7 Å². The molecular weight excluding hydrogens is 260 g/mol. The van der Waals surface area contributed by atoms with Crippen molar-refractivity contribution in [3.05, 3.63) is 59.2 Å². The lowest BCUT2D eigenvalue weighted by Gasteiger charge is -2.31. The molecule has 1 aliphatic carbocycles. The van der Waals surface area contributed by atoms with Gasteiger partial charge in [-0.05, 0) is 48.9 Å². The van der Waals surface area contributed by atoms with Gasteiger partial charge in [-0.15, -0.1) is 0 Å². The largest absolute Gasteiger partial charge is 0.271 e. The van der Waals surface area contributed by atoms with E-state index in [1.165, 1.54) is 23.2 Å². The lowest BCUT2D eigenvalue weighted by Crippen LogP contribution is -2.35. The van der Waals surface area contributed by atoms with Gasteiger partial charge >= 0.3 is 0 Å². The van der Waals surface area contributed by atoms with Gasteiger partial charge in [0.1, 0.15) is 0 Å². The highest BCUT2D eigenvalue weighted by Crippen LogP contribution is 2.39. The number of hydrogen-bond acceptors (Lipinski definition) is 4. The molecule has 0 aliphatic heterocycles. The van der Waals surface area contributed by atoms with E-state index in [4.69, 9.17) is 5.84 Å². The Morgan fingerprint density at radius 1 is 1.29 bits per heavy atom. The van der Waals surface area contributed by atoms with Gasteiger partial charge in [0, 0.05) is 24.0 Å². The standard InChI is InChI=1S/C17H22N4/c1-2-12-7-4-11-20-16(12)17(21-18)14-9-3-6-13-8-5-10-19-15(13)14/h4-5,7-8,10-11,14,17,21H,2-3,6,9,18H2,1H3. The van der Waals surface area contributed by atoms with Crippen molar-refractivity contribution in [1.82, 2.24) is 15.4 Å². The number of rotatable bonds is 4. The van der Waals surface area contributed by atoms with Crippen molar-refractivity contribution in [2.45, 2.75) is 44.6 Å². The molecule has 0 amide bonds. The van der Waals surface area contributed by atoms with Gasteiger partial charge in [-0.25, -0.2) is 0 Å². The number of nitrogens with one attached hydrogen (secondary N) is 1. The molecule has 0 fully saturated rings. The number of hydrazine groups is 1. The molecule has 2 aromatic rings. The van der Waals surface area contributed by atoms with E-state index in [2.05, 4.69) is 34.5 Å². The Morgan fingerprint density at radius 2 is 2.10 bits per heavy atom. The van der Waals surface area contributed by atoms with E-state index < -0.39 is 0 Å². The van der Waals surface area contributed by atoms with E-state index >= 15 is 0 Å². The molecule has 4 nitrogen and oxygen atoms in total. The van der Waals surface area contributed by atoms with Crippen LogP contribution < -0.4 is 11.3 Å². The summed E-state index contributed by atoms with van der Waals surface area (Å²) in [5.41, 5.74) is 7.85. The predicted molar refractivity (Wildman–Crippen MR) is 83.6 cm³/mol. The zero-order chi connectivity index (χ0) is 14.7. The fourth-order valence-corrected chi connectivity index (χ4v) is 3.39. The Balaban J connectivity index is 2.01. The fraction of sp³-hybridized carbons (Fsp3) is 0.412. The molecule has 0 aromatic carbocycles. The van der Waals surface area contributed by atoms with Crippen LogP contribution in [-0.2, 0) is 12.8 Å². The van der Waals surface area contributed by atoms with E-state index in [9.17, 15) is 0 Å². The summed E-state index contributed by atoms with van der Waals surface area (Å²) in [6, 6.07) is 8.35. The topological polar surface area (TPSA) is 63.8 Å². The van der Waals surface area contributed by atoms with E-state index in [0.29, 0.717) is 5.92 Å². The summed E-state index contributed by atoms with van der Waals surface area (Å²) in [7, 11) is 0. The van der Waals surface area contributed by atoms with Crippen molar-refractivity contribution < 1.29 is 0 Å². The van der Waals surface area contributed by atoms with Gasteiger partial charge in [0.2, 0.25) is 0 Å². The molecule has 0 saturated carbocycles. The quantitative estimate of drug-likeness (QED) is 0.668. The summed E-state index contributed by atoms with van der Waals surface area (Å²) in [6.45, 7) is 2.15. The van der Waals surface area contributed by atoms with Crippen molar-refractivity contribution >= 4 is 0 Å². The van der Waals surface area contributed by atoms with Gasteiger partial charge in [0.05, 0.1) is 11.7 Å². The number of aromatic nitrogens is 2. The van der Waals surface area contributed by atoms with Crippen molar-refractivity contribution in [3.8, 4) is 0 Å². The van der Waals surface area contributed by atoms with Crippen LogP contribution in [0.25, 0.3) is 0 Å². The average Bonchev–Trinajstić information content (AvgIpc) is 2.56. The van der Waals surface area contributed by atoms with Gasteiger partial charge < -0.3 is 0 Å². The van der Waals surface area contributed by atoms with Crippen LogP contribution in [0.4, 0.5) is 0 Å². The maximum Gasteiger partial charge on any atom is 0.0718 e. The highest BCUT2D eigenvalue weighted by Gasteiger charge is 2.31. The van der Waals surface area contributed by atoms with Gasteiger partial charge in [0.15, 0.2) is 0 Å². The lowest BCUT2D eigenvalue weighted by atomic mass is 9.80. The molecule has 110 valence electrons. The molecule has 1 aliphatic rings. The second kappa shape index (κ2) is 6.33. The molecule has 0 saturated heterocycles. The molecular formula is C17H22N4. The second-order valence-corrected chi connectivity index (χ2v) is 5.59. The van der Waals surface area contributed by atoms with Gasteiger partial charge in [-0.3, -0.25) is 21.2 Å². The van der Waals surface area contributed by atoms with Crippen molar-refractivity contribution in [1.29, 1.82) is 0 Å². The Labute approximate surface area is 125 Å². The minimum absolute atomic E-state index is 0.0232. The Morgan fingerprint density at radius 3 is 2.90 bits per heavy atom. The predicted octanol–water partition coefficient (Wildman–Crippen LogP) is 2.66. The van der Waals surface area contributed by atoms with Crippen LogP contribution in [0.3, 0.4) is 0 Å². The third kappa shape index (κ3) is 2.69. The monoisotopic (exact) mass is 282 g/mol. The first-order valence-electron chi connectivity index (χ1n) is 7.68. The number of nitrogens with two attached hydrogens (primary N) is 1. The Hall–Kier alpha value is -1.78. The summed E-state index contributed by atoms with van der Waals surface area (Å²) in [4.78, 5) is 9.23. The van der Waals surface area contributed by atoms with Crippen LogP contribution in [0, 0.1) is 0 Å². The minimum atomic E-state index is 0.0232. The van der Waals surface area contributed by atoms with Crippen molar-refractivity contribution in [2.75, 3.05) is 0 Å². The van der Waals surface area contributed by atoms with E-state index in [-0.39, 0.29) is 6.04 Å². The molecule has 2 unspecified atom stereocenters. The molecule has 0 bridgehead atoms. The molecule has 3 N–H and O–H groups in total. The highest BCUT2D eigenvalue weighted by atomic mass is 15.2. The SMILES string of the molecule is CCc1cccnc1C(NN)C1CCCc2cccnc21. The number of pyridine rings is 2. The number of nitrogens with zero attached hydrogens (tertiary/aromatic N) is 2. The zero-order valence-corrected chi connectivity index (χ0v) is 12.4. The number of fused-ring (bicyclic) bond motifs is 1. The third-order valence-electron chi connectivity index (χ3n) is 4.42. The van der Waals surface area contributed by atoms with Crippen LogP contribution in [0.1, 0.15) is 54.2 Å². The van der Waals surface area contributed by atoms with E-state index in [1.807, 2.05) is 24.5 Å². The Kier molecular flexibility index (Phi) is 4.27. The normalized spacial score (nSPS) is 19.0. The first-order chi connectivity index (χ1) is 10.3. The third-order valence-corrected chi connectivity index (χ3v) is 4.42. The molecule has 4 heteroatoms. The van der Waals surface area contributed by atoms with Gasteiger partial charge in [-0.2, -0.15) is 0 Å². The van der Waals surface area contributed by atoms with Crippen LogP contribution >= 0.6 is 0 Å². The minimum Gasteiger partial charge on any atom is -0.271 e. The first kappa shape index (κ1) is 14.2. The maximum absolute atomic E-state index is 5.90. The Bertz CT molecular complexity index is 611. The molecule has 2 heterocycles. The van der Waals surface area contributed by atoms with Crippen LogP contribution in [-0.4, -0.2) is 9.97 Å². The van der Waals surface area contributed by atoms with E-state index in [0.717, 1.165) is 25.0 Å². The second-order valence-electron chi connectivity index (χ2n) is 5.59. The molecule has 0 spiro atoms. The zero-order valence-electron chi connectivity index (χ0n) is 12.4. The van der Waals surface area contributed by atoms with Crippen LogP contribution in [0.2, 0.25) is 0 Å². The number of hydrogen-bond donors (Lipinski definition) is 2. The summed E-state index contributed by atoms with van der Waals surface area (Å²) in [5, 5.41) is 0. The molecule has 3 rings (SSSR count). The molecule has 2 aromatic heterocycles. The maximum atomic E-state index is 5.90. The van der Waals surface area contributed by atoms with Gasteiger partial charge in [0.25, 0.3) is 0 Å². The summed E-state index contributed by atoms with van der Waals surface area (Å²) in [5.74, 6) is 6.19. The smallest absolute Gasteiger partial charge is 0.0718 e. The number of aryl methyl sites for hydroxylation is 2. The van der Waals surface area contributed by atoms with E-state index in [1.54, 1.807) is 0 Å². The fourth-order valence-electron chi connectivity index (χ4n) is 3.39. The van der Waals surface area contributed by atoms with Crippen molar-refractivity contribution in [2.24, 2.45) is 5.84 Å².